The van der Waals surface area contributed by atoms with E-state index in [9.17, 15) is 9.59 Å². The van der Waals surface area contributed by atoms with Crippen molar-refractivity contribution >= 4 is 17.1 Å². The van der Waals surface area contributed by atoms with Gasteiger partial charge < -0.3 is 9.84 Å². The van der Waals surface area contributed by atoms with E-state index in [0.29, 0.717) is 12.2 Å². The Morgan fingerprint density at radius 3 is 2.69 bits per heavy atom. The normalized spacial score (nSPS) is 21.1. The first-order chi connectivity index (χ1) is 15.0. The lowest BCUT2D eigenvalue weighted by atomic mass is 9.68. The van der Waals surface area contributed by atoms with Gasteiger partial charge in [0, 0.05) is 37.3 Å². The van der Waals surface area contributed by atoms with Gasteiger partial charge in [0.15, 0.2) is 11.3 Å². The molecule has 0 saturated heterocycles. The molecule has 3 aromatic rings. The summed E-state index contributed by atoms with van der Waals surface area (Å²) < 4.78 is 8.27. The van der Waals surface area contributed by atoms with Gasteiger partial charge in [0.2, 0.25) is 0 Å². The van der Waals surface area contributed by atoms with Crippen LogP contribution in [0, 0.1) is 10.8 Å². The zero-order valence-electron chi connectivity index (χ0n) is 19.8. The maximum Gasteiger partial charge on any atom is 0.330 e. The van der Waals surface area contributed by atoms with E-state index in [-0.39, 0.29) is 40.1 Å². The first-order valence-electron chi connectivity index (χ1n) is 11.2. The summed E-state index contributed by atoms with van der Waals surface area (Å²) in [4.78, 5) is 30.4. The van der Waals surface area contributed by atoms with E-state index >= 15 is 0 Å². The van der Waals surface area contributed by atoms with E-state index in [1.807, 2.05) is 16.7 Å². The molecule has 32 heavy (non-hydrogen) atoms. The molecule has 1 amide bonds. The first kappa shape index (κ1) is 22.3. The lowest BCUT2D eigenvalue weighted by molar-refractivity contribution is 0.0828. The molecule has 8 nitrogen and oxygen atoms in total. The summed E-state index contributed by atoms with van der Waals surface area (Å²) in [6.45, 7) is 11.4. The second-order valence-electron chi connectivity index (χ2n) is 10.9. The van der Waals surface area contributed by atoms with E-state index in [1.165, 1.54) is 6.26 Å². The summed E-state index contributed by atoms with van der Waals surface area (Å²) in [7, 11) is 1.78. The number of pyridine rings is 1. The largest absolute Gasteiger partial charge is 0.364 e. The minimum absolute atomic E-state index is 0.0129. The van der Waals surface area contributed by atoms with Crippen LogP contribution in [0.15, 0.2) is 33.8 Å². The van der Waals surface area contributed by atoms with E-state index in [0.717, 1.165) is 30.5 Å². The molecule has 0 spiro atoms. The van der Waals surface area contributed by atoms with Crippen molar-refractivity contribution in [1.82, 2.24) is 24.6 Å². The predicted molar refractivity (Wildman–Crippen MR) is 123 cm³/mol. The number of hydrogen-bond donors (Lipinski definition) is 1. The van der Waals surface area contributed by atoms with Crippen molar-refractivity contribution in [3.05, 3.63) is 46.3 Å². The fraction of sp³-hybridized carbons (Fsp3) is 0.583. The highest BCUT2D eigenvalue weighted by Crippen LogP contribution is 2.42. The molecular weight excluding hydrogens is 406 g/mol. The average Bonchev–Trinajstić information content (AvgIpc) is 3.33. The van der Waals surface area contributed by atoms with Crippen LogP contribution < -0.4 is 11.0 Å². The SMILES string of the molecule is Cn1c(=O)n(CC(C)(C)C)c2ccc(C3CCC(C)(C)C(NC(=O)c4ccon4)C3)nc21. The van der Waals surface area contributed by atoms with Gasteiger partial charge in [-0.1, -0.05) is 39.8 Å². The molecule has 1 aliphatic rings. The number of nitrogens with zero attached hydrogens (tertiary/aromatic N) is 4. The number of aryl methyl sites for hydroxylation is 1. The molecule has 0 radical (unpaired) electrons. The molecular formula is C24H33N5O3. The number of amides is 1. The third-order valence-electron chi connectivity index (χ3n) is 6.63. The molecule has 1 N–H and O–H groups in total. The summed E-state index contributed by atoms with van der Waals surface area (Å²) >= 11 is 0. The zero-order chi connectivity index (χ0) is 23.3. The van der Waals surface area contributed by atoms with Crippen molar-refractivity contribution in [2.24, 2.45) is 17.9 Å². The molecule has 3 aromatic heterocycles. The van der Waals surface area contributed by atoms with Gasteiger partial charge in [-0.25, -0.2) is 9.78 Å². The lowest BCUT2D eigenvalue weighted by Crippen LogP contribution is -2.48. The van der Waals surface area contributed by atoms with Crippen LogP contribution in [0.5, 0.6) is 0 Å². The van der Waals surface area contributed by atoms with Crippen LogP contribution in [0.1, 0.15) is 76.0 Å². The van der Waals surface area contributed by atoms with Crippen LogP contribution in [0.25, 0.3) is 11.2 Å². The Morgan fingerprint density at radius 1 is 1.28 bits per heavy atom. The Labute approximate surface area is 188 Å². The van der Waals surface area contributed by atoms with Crippen molar-refractivity contribution in [1.29, 1.82) is 0 Å². The number of hydrogen-bond acceptors (Lipinski definition) is 5. The van der Waals surface area contributed by atoms with Gasteiger partial charge >= 0.3 is 5.69 Å². The van der Waals surface area contributed by atoms with Crippen molar-refractivity contribution in [2.45, 2.75) is 72.4 Å². The number of carbonyl (C=O) groups is 1. The highest BCUT2D eigenvalue weighted by atomic mass is 16.5. The Balaban J connectivity index is 1.61. The second-order valence-corrected chi connectivity index (χ2v) is 10.9. The lowest BCUT2D eigenvalue weighted by Gasteiger charge is -2.42. The molecule has 2 atom stereocenters. The van der Waals surface area contributed by atoms with Crippen molar-refractivity contribution in [3.8, 4) is 0 Å². The number of rotatable bonds is 4. The van der Waals surface area contributed by atoms with Gasteiger partial charge in [-0.2, -0.15) is 0 Å². The third-order valence-corrected chi connectivity index (χ3v) is 6.63. The van der Waals surface area contributed by atoms with Gasteiger partial charge in [0.05, 0.1) is 5.52 Å². The van der Waals surface area contributed by atoms with Gasteiger partial charge in [-0.05, 0) is 42.2 Å². The molecule has 0 aromatic carbocycles. The number of nitrogens with one attached hydrogen (secondary N) is 1. The van der Waals surface area contributed by atoms with E-state index in [2.05, 4.69) is 45.1 Å². The Bertz CT molecular complexity index is 1180. The van der Waals surface area contributed by atoms with Crippen LogP contribution in [0.2, 0.25) is 0 Å². The van der Waals surface area contributed by atoms with Crippen molar-refractivity contribution in [3.63, 3.8) is 0 Å². The fourth-order valence-corrected chi connectivity index (χ4v) is 4.67. The third kappa shape index (κ3) is 4.23. The average molecular weight is 440 g/mol. The summed E-state index contributed by atoms with van der Waals surface area (Å²) in [5.74, 6) is -0.0151. The smallest absolute Gasteiger partial charge is 0.330 e. The minimum atomic E-state index is -0.220. The van der Waals surface area contributed by atoms with Gasteiger partial charge in [0.25, 0.3) is 5.91 Å². The Hall–Kier alpha value is -2.90. The van der Waals surface area contributed by atoms with Crippen LogP contribution in [-0.2, 0) is 13.6 Å². The molecule has 0 aliphatic heterocycles. The van der Waals surface area contributed by atoms with Crippen molar-refractivity contribution < 1.29 is 9.32 Å². The maximum absolute atomic E-state index is 12.8. The zero-order valence-corrected chi connectivity index (χ0v) is 19.8. The molecule has 2 unspecified atom stereocenters. The second kappa shape index (κ2) is 7.90. The molecule has 4 rings (SSSR count). The van der Waals surface area contributed by atoms with Crippen LogP contribution >= 0.6 is 0 Å². The molecule has 1 aliphatic carbocycles. The number of carbonyl (C=O) groups excluding carboxylic acids is 1. The molecule has 172 valence electrons. The summed E-state index contributed by atoms with van der Waals surface area (Å²) in [5, 5.41) is 6.90. The van der Waals surface area contributed by atoms with Crippen LogP contribution in [-0.4, -0.2) is 31.2 Å². The van der Waals surface area contributed by atoms with Crippen LogP contribution in [0.4, 0.5) is 0 Å². The summed E-state index contributed by atoms with van der Waals surface area (Å²) in [6, 6.07) is 5.62. The molecule has 8 heteroatoms. The predicted octanol–water partition coefficient (Wildman–Crippen LogP) is 3.86. The number of fused-ring (bicyclic) bond motifs is 1. The highest BCUT2D eigenvalue weighted by Gasteiger charge is 2.38. The van der Waals surface area contributed by atoms with Crippen LogP contribution in [0.3, 0.4) is 0 Å². The quantitative estimate of drug-likeness (QED) is 0.666. The topological polar surface area (TPSA) is 95.0 Å². The summed E-state index contributed by atoms with van der Waals surface area (Å²) in [5.41, 5.74) is 2.74. The maximum atomic E-state index is 12.8. The van der Waals surface area contributed by atoms with Gasteiger partial charge in [0.1, 0.15) is 6.26 Å². The monoisotopic (exact) mass is 439 g/mol. The molecule has 1 saturated carbocycles. The number of imidazole rings is 1. The Morgan fingerprint density at radius 2 is 2.03 bits per heavy atom. The number of aromatic nitrogens is 4. The molecule has 1 fully saturated rings. The molecule has 3 heterocycles. The van der Waals surface area contributed by atoms with E-state index in [1.54, 1.807) is 17.7 Å². The highest BCUT2D eigenvalue weighted by molar-refractivity contribution is 5.92. The van der Waals surface area contributed by atoms with E-state index < -0.39 is 0 Å². The van der Waals surface area contributed by atoms with Gasteiger partial charge in [-0.3, -0.25) is 13.9 Å². The minimum Gasteiger partial charge on any atom is -0.364 e. The van der Waals surface area contributed by atoms with Gasteiger partial charge in [-0.15, -0.1) is 0 Å². The Kier molecular flexibility index (Phi) is 5.51. The molecule has 0 bridgehead atoms. The standard InChI is InChI=1S/C24H33N5O3/c1-23(2,3)14-29-18-8-7-16(25-20(18)28(6)22(29)31)15-9-11-24(4,5)19(13-15)26-21(30)17-10-12-32-27-17/h7-8,10,12,15,19H,9,11,13-14H2,1-6H3,(H,26,30). The fourth-order valence-electron chi connectivity index (χ4n) is 4.67. The van der Waals surface area contributed by atoms with E-state index in [4.69, 9.17) is 9.51 Å². The summed E-state index contributed by atoms with van der Waals surface area (Å²) in [6.07, 6.45) is 4.13. The first-order valence-corrected chi connectivity index (χ1v) is 11.2. The van der Waals surface area contributed by atoms with Crippen molar-refractivity contribution in [2.75, 3.05) is 0 Å².